The monoisotopic (exact) mass is 577 g/mol. The number of aliphatic imine (C=N–C) groups is 1. The molecule has 10 heteroatoms. The van der Waals surface area contributed by atoms with Gasteiger partial charge < -0.3 is 20.4 Å². The minimum absolute atomic E-state index is 0. The van der Waals surface area contributed by atoms with Crippen LogP contribution >= 0.6 is 24.0 Å². The minimum Gasteiger partial charge on any atom is -0.377 e. The van der Waals surface area contributed by atoms with E-state index in [0.29, 0.717) is 32.2 Å². The third-order valence-corrected chi connectivity index (χ3v) is 6.80. The smallest absolute Gasteiger partial charge is 0.213 e. The first-order valence-electron chi connectivity index (χ1n) is 11.2. The van der Waals surface area contributed by atoms with E-state index in [1.165, 1.54) is 16.6 Å². The molecule has 0 saturated carbocycles. The summed E-state index contributed by atoms with van der Waals surface area (Å²) in [7, 11) is -3.37. The molecule has 0 radical (unpaired) electrons. The van der Waals surface area contributed by atoms with Gasteiger partial charge in [-0.1, -0.05) is 18.2 Å². The fourth-order valence-electron chi connectivity index (χ4n) is 3.84. The summed E-state index contributed by atoms with van der Waals surface area (Å²) < 4.78 is 32.8. The van der Waals surface area contributed by atoms with Crippen LogP contribution in [0, 0.1) is 6.92 Å². The van der Waals surface area contributed by atoms with Crippen molar-refractivity contribution in [3.8, 4) is 0 Å². The van der Waals surface area contributed by atoms with Gasteiger partial charge in [-0.25, -0.2) is 13.1 Å². The van der Waals surface area contributed by atoms with Crippen molar-refractivity contribution in [1.82, 2.24) is 20.3 Å². The van der Waals surface area contributed by atoms with E-state index in [1.807, 2.05) is 19.1 Å². The maximum atomic E-state index is 12.3. The Hall–Kier alpha value is -1.37. The van der Waals surface area contributed by atoms with Crippen LogP contribution < -0.4 is 15.4 Å². The van der Waals surface area contributed by atoms with Gasteiger partial charge in [-0.15, -0.1) is 24.0 Å². The second kappa shape index (κ2) is 13.4. The van der Waals surface area contributed by atoms with Gasteiger partial charge in [-0.2, -0.15) is 0 Å². The van der Waals surface area contributed by atoms with Gasteiger partial charge in [0.25, 0.3) is 0 Å². The highest BCUT2D eigenvalue weighted by atomic mass is 127. The molecular weight excluding hydrogens is 541 g/mol. The molecule has 2 heterocycles. The lowest BCUT2D eigenvalue weighted by molar-refractivity contribution is 0.0200. The van der Waals surface area contributed by atoms with Gasteiger partial charge in [0.15, 0.2) is 5.96 Å². The third-order valence-electron chi connectivity index (χ3n) is 5.47. The first kappa shape index (κ1) is 26.9. The highest BCUT2D eigenvalue weighted by molar-refractivity contribution is 14.0. The number of guanidine groups is 1. The standard InChI is InChI=1S/C22H35N5O3S.HI/c1-3-23-22(24-12-11-19-17(2)27-21-10-5-4-9-20(19)21)25-13-15-31(28,29)26-16-18-8-6-7-14-30-18;/h4-5,9-10,18,26-27H,3,6-8,11-16H2,1-2H3,(H2,23,24,25);1H. The van der Waals surface area contributed by atoms with Crippen LogP contribution in [0.2, 0.25) is 0 Å². The first-order chi connectivity index (χ1) is 15.0. The summed E-state index contributed by atoms with van der Waals surface area (Å²) in [4.78, 5) is 7.85. The van der Waals surface area contributed by atoms with Crippen LogP contribution in [0.5, 0.6) is 0 Å². The Morgan fingerprint density at radius 2 is 2.06 bits per heavy atom. The molecule has 180 valence electrons. The van der Waals surface area contributed by atoms with Crippen LogP contribution in [0.1, 0.15) is 37.4 Å². The molecule has 32 heavy (non-hydrogen) atoms. The number of aryl methyl sites for hydroxylation is 1. The van der Waals surface area contributed by atoms with Crippen molar-refractivity contribution in [3.63, 3.8) is 0 Å². The molecule has 4 N–H and O–H groups in total. The Bertz CT molecular complexity index is 971. The third kappa shape index (κ3) is 8.20. The van der Waals surface area contributed by atoms with E-state index in [0.717, 1.165) is 31.2 Å². The zero-order chi connectivity index (χ0) is 22.1. The van der Waals surface area contributed by atoms with Crippen molar-refractivity contribution in [3.05, 3.63) is 35.5 Å². The Balaban J connectivity index is 0.00000363. The lowest BCUT2D eigenvalue weighted by Gasteiger charge is -2.22. The number of hydrogen-bond acceptors (Lipinski definition) is 4. The molecule has 0 spiro atoms. The zero-order valence-corrected chi connectivity index (χ0v) is 22.1. The molecular formula is C22H36IN5O3S. The number of aromatic amines is 1. The zero-order valence-electron chi connectivity index (χ0n) is 18.9. The number of rotatable bonds is 10. The SMILES string of the molecule is CCNC(=NCCS(=O)(=O)NCC1CCCCO1)NCCc1c(C)[nH]c2ccccc12.I. The molecule has 1 atom stereocenters. The molecule has 1 aromatic carbocycles. The number of H-pyrrole nitrogens is 1. The van der Waals surface area contributed by atoms with Gasteiger partial charge in [0.05, 0.1) is 18.4 Å². The van der Waals surface area contributed by atoms with Crippen LogP contribution in [-0.4, -0.2) is 64.0 Å². The summed E-state index contributed by atoms with van der Waals surface area (Å²) in [5.74, 6) is 0.587. The molecule has 0 bridgehead atoms. The number of hydrogen-bond donors (Lipinski definition) is 4. The van der Waals surface area contributed by atoms with Crippen molar-refractivity contribution in [2.45, 2.75) is 45.6 Å². The number of halogens is 1. The topological polar surface area (TPSA) is 108 Å². The molecule has 8 nitrogen and oxygen atoms in total. The van der Waals surface area contributed by atoms with Gasteiger partial charge in [-0.05, 0) is 51.2 Å². The maximum absolute atomic E-state index is 12.3. The summed E-state index contributed by atoms with van der Waals surface area (Å²) in [6.07, 6.45) is 3.89. The second-order valence-corrected chi connectivity index (χ2v) is 9.79. The van der Waals surface area contributed by atoms with E-state index >= 15 is 0 Å². The Kier molecular flexibility index (Phi) is 11.2. The highest BCUT2D eigenvalue weighted by Crippen LogP contribution is 2.21. The molecule has 0 aliphatic carbocycles. The minimum atomic E-state index is -3.37. The summed E-state index contributed by atoms with van der Waals surface area (Å²) in [5, 5.41) is 7.73. The first-order valence-corrected chi connectivity index (χ1v) is 12.8. The van der Waals surface area contributed by atoms with Crippen molar-refractivity contribution in [1.29, 1.82) is 0 Å². The average Bonchev–Trinajstić information content (AvgIpc) is 3.08. The van der Waals surface area contributed by atoms with E-state index in [4.69, 9.17) is 4.74 Å². The van der Waals surface area contributed by atoms with Crippen LogP contribution in [-0.2, 0) is 21.2 Å². The van der Waals surface area contributed by atoms with Gasteiger partial charge in [0, 0.05) is 42.8 Å². The quantitative estimate of drug-likeness (QED) is 0.197. The van der Waals surface area contributed by atoms with E-state index in [-0.39, 0.29) is 42.4 Å². The number of nitrogens with zero attached hydrogens (tertiary/aromatic N) is 1. The normalized spacial score (nSPS) is 17.2. The number of para-hydroxylation sites is 1. The van der Waals surface area contributed by atoms with Crippen LogP contribution in [0.4, 0.5) is 0 Å². The van der Waals surface area contributed by atoms with Gasteiger partial charge in [0.2, 0.25) is 10.0 Å². The number of sulfonamides is 1. The Labute approximate surface area is 208 Å². The van der Waals surface area contributed by atoms with E-state index in [2.05, 4.69) is 44.4 Å². The second-order valence-electron chi connectivity index (χ2n) is 7.87. The average molecular weight is 578 g/mol. The van der Waals surface area contributed by atoms with E-state index < -0.39 is 10.0 Å². The number of nitrogens with one attached hydrogen (secondary N) is 4. The molecule has 1 saturated heterocycles. The molecule has 2 aromatic rings. The summed E-state index contributed by atoms with van der Waals surface area (Å²) in [6.45, 7) is 6.75. The lowest BCUT2D eigenvalue weighted by atomic mass is 10.1. The molecule has 1 aliphatic rings. The predicted molar refractivity (Wildman–Crippen MR) is 142 cm³/mol. The maximum Gasteiger partial charge on any atom is 0.213 e. The highest BCUT2D eigenvalue weighted by Gasteiger charge is 2.17. The number of fused-ring (bicyclic) bond motifs is 1. The van der Waals surface area contributed by atoms with Gasteiger partial charge in [-0.3, -0.25) is 4.99 Å². The number of ether oxygens (including phenoxy) is 1. The van der Waals surface area contributed by atoms with Crippen molar-refractivity contribution in [2.24, 2.45) is 4.99 Å². The number of aromatic nitrogens is 1. The molecule has 1 aromatic heterocycles. The largest absolute Gasteiger partial charge is 0.377 e. The molecule has 1 unspecified atom stereocenters. The predicted octanol–water partition coefficient (Wildman–Crippen LogP) is 2.68. The van der Waals surface area contributed by atoms with E-state index in [1.54, 1.807) is 0 Å². The molecule has 1 fully saturated rings. The Morgan fingerprint density at radius 1 is 1.25 bits per heavy atom. The van der Waals surface area contributed by atoms with Crippen molar-refractivity contribution >= 4 is 50.9 Å². The number of benzene rings is 1. The van der Waals surface area contributed by atoms with Crippen molar-refractivity contribution in [2.75, 3.05) is 38.5 Å². The summed E-state index contributed by atoms with van der Waals surface area (Å²) in [6, 6.07) is 8.29. The fourth-order valence-corrected chi connectivity index (χ4v) is 4.76. The van der Waals surface area contributed by atoms with Crippen LogP contribution in [0.15, 0.2) is 29.3 Å². The molecule has 1 aliphatic heterocycles. The molecule has 0 amide bonds. The molecule has 3 rings (SSSR count). The lowest BCUT2D eigenvalue weighted by Crippen LogP contribution is -2.39. The van der Waals surface area contributed by atoms with Gasteiger partial charge in [0.1, 0.15) is 0 Å². The fraction of sp³-hybridized carbons (Fsp3) is 0.591. The Morgan fingerprint density at radius 3 is 2.81 bits per heavy atom. The van der Waals surface area contributed by atoms with Crippen molar-refractivity contribution < 1.29 is 13.2 Å². The van der Waals surface area contributed by atoms with Crippen LogP contribution in [0.25, 0.3) is 10.9 Å². The van der Waals surface area contributed by atoms with Gasteiger partial charge >= 0.3 is 0 Å². The summed E-state index contributed by atoms with van der Waals surface area (Å²) >= 11 is 0. The van der Waals surface area contributed by atoms with E-state index in [9.17, 15) is 8.42 Å². The van der Waals surface area contributed by atoms with Crippen LogP contribution in [0.3, 0.4) is 0 Å². The summed E-state index contributed by atoms with van der Waals surface area (Å²) in [5.41, 5.74) is 3.60.